The number of rotatable bonds is 32. The van der Waals surface area contributed by atoms with E-state index in [4.69, 9.17) is 38.5 Å². The zero-order valence-corrected chi connectivity index (χ0v) is 44.9. The number of carboxylic acid groups (broad SMARTS) is 2. The third-order valence-corrected chi connectivity index (χ3v) is 7.97. The Balaban J connectivity index is -0.0000000982. The van der Waals surface area contributed by atoms with E-state index in [1.54, 1.807) is 0 Å². The molecule has 54 heavy (non-hydrogen) atoms. The summed E-state index contributed by atoms with van der Waals surface area (Å²) in [5, 5.41) is 20.4. The number of carbonyl (C=O) groups excluding carboxylic acids is 2. The van der Waals surface area contributed by atoms with Crippen LogP contribution in [-0.2, 0) is 18.7 Å². The maximum atomic E-state index is 10.2. The molecular formula is C36H70Ca4O12P2. The summed E-state index contributed by atoms with van der Waals surface area (Å²) in [6.45, 7) is 4.53. The topological polar surface area (TPSA) is 253 Å². The van der Waals surface area contributed by atoms with Gasteiger partial charge in [0.25, 0.3) is 0 Å². The van der Waals surface area contributed by atoms with E-state index in [0.717, 1.165) is 25.7 Å². The van der Waals surface area contributed by atoms with E-state index in [9.17, 15) is 19.8 Å². The van der Waals surface area contributed by atoms with Gasteiger partial charge in [-0.25, -0.2) is 0 Å². The van der Waals surface area contributed by atoms with Crippen molar-refractivity contribution in [3.63, 3.8) is 0 Å². The van der Waals surface area contributed by atoms with E-state index < -0.39 is 27.6 Å². The van der Waals surface area contributed by atoms with Crippen molar-refractivity contribution in [3.05, 3.63) is 0 Å². The molecule has 0 aromatic carbocycles. The van der Waals surface area contributed by atoms with Gasteiger partial charge in [0.2, 0.25) is 0 Å². The molecule has 0 rings (SSSR count). The third-order valence-electron chi connectivity index (χ3n) is 7.97. The van der Waals surface area contributed by atoms with E-state index in [-0.39, 0.29) is 164 Å². The molecule has 0 saturated carbocycles. The first-order chi connectivity index (χ1) is 23.5. The SMILES string of the molecule is CCCCCCCCCCCCCCCCCC(=O)[O-].CCCCCCCCCCCCCCCCCC(=O)[O-].O=P([O-])([O-])[O-].O=P([O-])([O-])[O-].[Ca+2].[Ca+2].[Ca+2].[Ca+2]. The summed E-state index contributed by atoms with van der Waals surface area (Å²) in [5.41, 5.74) is 0. The van der Waals surface area contributed by atoms with Crippen molar-refractivity contribution in [2.24, 2.45) is 0 Å². The molecule has 0 amide bonds. The fourth-order valence-corrected chi connectivity index (χ4v) is 5.28. The fraction of sp³-hybridized carbons (Fsp3) is 0.944. The van der Waals surface area contributed by atoms with Crippen LogP contribution in [0.4, 0.5) is 0 Å². The van der Waals surface area contributed by atoms with E-state index in [1.807, 2.05) is 0 Å². The molecule has 0 aliphatic heterocycles. The minimum Gasteiger partial charge on any atom is -0.822 e. The monoisotopic (exact) mass is 916 g/mol. The smallest absolute Gasteiger partial charge is 0.822 e. The van der Waals surface area contributed by atoms with Gasteiger partial charge in [-0.15, -0.1) is 0 Å². The molecule has 0 heterocycles. The minimum absolute atomic E-state index is 0. The van der Waals surface area contributed by atoms with Gasteiger partial charge in [-0.1, -0.05) is 194 Å². The molecule has 0 fully saturated rings. The Hall–Kier alpha value is 4.20. The van der Waals surface area contributed by atoms with Crippen LogP contribution in [-0.4, -0.2) is 163 Å². The van der Waals surface area contributed by atoms with Gasteiger partial charge < -0.3 is 58.3 Å². The van der Waals surface area contributed by atoms with Crippen LogP contribution >= 0.6 is 15.6 Å². The Morgan fingerprint density at radius 3 is 0.537 bits per heavy atom. The molecule has 0 saturated heterocycles. The van der Waals surface area contributed by atoms with Crippen molar-refractivity contribution in [2.45, 2.75) is 219 Å². The second kappa shape index (κ2) is 61.5. The molecule has 0 aliphatic rings. The zero-order chi connectivity index (χ0) is 38.8. The number of aliphatic carboxylic acids is 2. The molecule has 0 aromatic heterocycles. The predicted octanol–water partition coefficient (Wildman–Crippen LogP) is 2.82. The van der Waals surface area contributed by atoms with E-state index >= 15 is 0 Å². The van der Waals surface area contributed by atoms with Gasteiger partial charge in [0.1, 0.15) is 0 Å². The predicted molar refractivity (Wildman–Crippen MR) is 207 cm³/mol. The summed E-state index contributed by atoms with van der Waals surface area (Å²) < 4.78 is 17.1. The molecule has 0 aromatic rings. The number of carbonyl (C=O) groups is 2. The zero-order valence-electron chi connectivity index (χ0n) is 34.2. The average Bonchev–Trinajstić information content (AvgIpc) is 2.99. The number of hydrogen-bond acceptors (Lipinski definition) is 12. The van der Waals surface area contributed by atoms with Crippen LogP contribution in [0.15, 0.2) is 0 Å². The first-order valence-electron chi connectivity index (χ1n) is 19.4. The van der Waals surface area contributed by atoms with E-state index in [2.05, 4.69) is 13.8 Å². The summed E-state index contributed by atoms with van der Waals surface area (Å²) in [5.74, 6) is -1.81. The standard InChI is InChI=1S/2C18H36O2.4Ca.2H3O4P/c2*1-2-3-4-5-6-7-8-9-10-11-12-13-14-15-16-17-18(19)20;;;;;2*1-5(2,3)4/h2*2-17H2,1H3,(H,19,20);;;;;2*(H3,1,2,3,4)/q;;4*+2;;/p-8. The molecule has 0 atom stereocenters. The van der Waals surface area contributed by atoms with Crippen LogP contribution in [0.25, 0.3) is 0 Å². The van der Waals surface area contributed by atoms with E-state index in [1.165, 1.54) is 167 Å². The Kier molecular flexibility index (Phi) is 86.1. The van der Waals surface area contributed by atoms with Crippen molar-refractivity contribution in [1.82, 2.24) is 0 Å². The normalized spacial score (nSPS) is 10.2. The fourth-order valence-electron chi connectivity index (χ4n) is 5.28. The van der Waals surface area contributed by atoms with Gasteiger partial charge >= 0.3 is 151 Å². The molecule has 0 bridgehead atoms. The molecular weight excluding hydrogens is 847 g/mol. The first-order valence-corrected chi connectivity index (χ1v) is 22.3. The second-order valence-corrected chi connectivity index (χ2v) is 14.8. The molecule has 0 N–H and O–H groups in total. The molecule has 0 aliphatic carbocycles. The van der Waals surface area contributed by atoms with Crippen molar-refractivity contribution < 1.29 is 58.3 Å². The van der Waals surface area contributed by atoms with Crippen LogP contribution in [0.2, 0.25) is 0 Å². The van der Waals surface area contributed by atoms with Gasteiger partial charge in [0, 0.05) is 11.9 Å². The van der Waals surface area contributed by atoms with Crippen LogP contribution in [0, 0.1) is 0 Å². The largest absolute Gasteiger partial charge is 2.00 e. The van der Waals surface area contributed by atoms with Gasteiger partial charge in [-0.3, -0.25) is 0 Å². The number of carboxylic acids is 2. The van der Waals surface area contributed by atoms with Crippen molar-refractivity contribution in [1.29, 1.82) is 0 Å². The van der Waals surface area contributed by atoms with Gasteiger partial charge in [-0.2, -0.15) is 15.6 Å². The van der Waals surface area contributed by atoms with Gasteiger partial charge in [0.05, 0.1) is 0 Å². The molecule has 0 spiro atoms. The summed E-state index contributed by atoms with van der Waals surface area (Å²) in [6, 6.07) is 0. The second-order valence-electron chi connectivity index (χ2n) is 13.0. The number of hydrogen-bond donors (Lipinski definition) is 0. The molecule has 18 heteroatoms. The van der Waals surface area contributed by atoms with Crippen LogP contribution in [0.3, 0.4) is 0 Å². The van der Waals surface area contributed by atoms with Crippen LogP contribution in [0.5, 0.6) is 0 Å². The first kappa shape index (κ1) is 75.6. The Labute approximate surface area is 449 Å². The van der Waals surface area contributed by atoms with Crippen molar-refractivity contribution >= 4 is 179 Å². The summed E-state index contributed by atoms with van der Waals surface area (Å²) in [6.07, 6.45) is 39.7. The third kappa shape index (κ3) is 117. The maximum absolute atomic E-state index is 10.2. The molecule has 0 unspecified atom stereocenters. The molecule has 0 radical (unpaired) electrons. The van der Waals surface area contributed by atoms with Crippen LogP contribution in [0.1, 0.15) is 219 Å². The van der Waals surface area contributed by atoms with E-state index in [0.29, 0.717) is 0 Å². The molecule has 12 nitrogen and oxygen atoms in total. The maximum Gasteiger partial charge on any atom is 2.00 e. The van der Waals surface area contributed by atoms with Gasteiger partial charge in [-0.05, 0) is 25.7 Å². The van der Waals surface area contributed by atoms with Gasteiger partial charge in [0.15, 0.2) is 0 Å². The minimum atomic E-state index is -5.39. The Bertz CT molecular complexity index is 727. The number of phosphoric acid groups is 2. The van der Waals surface area contributed by atoms with Crippen LogP contribution < -0.4 is 39.6 Å². The van der Waals surface area contributed by atoms with Crippen molar-refractivity contribution in [3.8, 4) is 0 Å². The average molecular weight is 917 g/mol. The summed E-state index contributed by atoms with van der Waals surface area (Å²) in [4.78, 5) is 71.7. The summed E-state index contributed by atoms with van der Waals surface area (Å²) >= 11 is 0. The van der Waals surface area contributed by atoms with Crippen molar-refractivity contribution in [2.75, 3.05) is 0 Å². The Morgan fingerprint density at radius 2 is 0.426 bits per heavy atom. The summed E-state index contributed by atoms with van der Waals surface area (Å²) in [7, 11) is -10.8. The Morgan fingerprint density at radius 1 is 0.315 bits per heavy atom. The number of unbranched alkanes of at least 4 members (excludes halogenated alkanes) is 28. The quantitative estimate of drug-likeness (QED) is 0.0537. The molecule has 304 valence electrons.